The van der Waals surface area contributed by atoms with Crippen molar-refractivity contribution in [2.45, 2.75) is 0 Å². The number of nitrogens with zero attached hydrogens (tertiary/aromatic N) is 3. The summed E-state index contributed by atoms with van der Waals surface area (Å²) >= 11 is 0. The molecule has 0 bridgehead atoms. The summed E-state index contributed by atoms with van der Waals surface area (Å²) in [4.78, 5) is 62.3. The van der Waals surface area contributed by atoms with E-state index in [0.717, 1.165) is 12.3 Å². The second-order valence-corrected chi connectivity index (χ2v) is 8.28. The fraction of sp³-hybridized carbons (Fsp3) is 0.160. The molecule has 1 fully saturated rings. The normalized spacial score (nSPS) is 13.7. The number of aromatic nitrogens is 3. The molecule has 0 aliphatic carbocycles. The predicted molar refractivity (Wildman–Crippen MR) is 126 cm³/mol. The van der Waals surface area contributed by atoms with Gasteiger partial charge in [0.05, 0.1) is 17.3 Å². The number of aromatic carboxylic acids is 1. The molecule has 1 aliphatic rings. The van der Waals surface area contributed by atoms with Crippen molar-refractivity contribution >= 4 is 34.5 Å². The summed E-state index contributed by atoms with van der Waals surface area (Å²) in [6, 6.07) is 11.3. The zero-order valence-corrected chi connectivity index (χ0v) is 18.8. The molecule has 11 heteroatoms. The zero-order valence-electron chi connectivity index (χ0n) is 18.8. The van der Waals surface area contributed by atoms with Gasteiger partial charge in [-0.2, -0.15) is 0 Å². The number of amides is 2. The SMILES string of the molecule is O=C(O)c1cnc(-c2ccc(F)c3c(C(=O)C(=O)N4CCN(C(=O)c5ccccc5)CC4)c[nH]c23)[nH]1. The first-order chi connectivity index (χ1) is 17.3. The summed E-state index contributed by atoms with van der Waals surface area (Å²) in [6.07, 6.45) is 2.39. The molecule has 182 valence electrons. The van der Waals surface area contributed by atoms with Crippen LogP contribution in [0, 0.1) is 5.82 Å². The van der Waals surface area contributed by atoms with Crippen molar-refractivity contribution in [1.82, 2.24) is 24.8 Å². The van der Waals surface area contributed by atoms with Crippen molar-refractivity contribution in [3.8, 4) is 11.4 Å². The average Bonchev–Trinajstić information content (AvgIpc) is 3.57. The summed E-state index contributed by atoms with van der Waals surface area (Å²) in [5.74, 6) is -3.57. The van der Waals surface area contributed by atoms with Crippen molar-refractivity contribution < 1.29 is 28.7 Å². The monoisotopic (exact) mass is 489 g/mol. The number of benzene rings is 2. The third-order valence-electron chi connectivity index (χ3n) is 6.16. The molecule has 4 aromatic rings. The third kappa shape index (κ3) is 4.00. The number of piperazine rings is 1. The van der Waals surface area contributed by atoms with E-state index in [9.17, 15) is 23.6 Å². The minimum Gasteiger partial charge on any atom is -0.477 e. The summed E-state index contributed by atoms with van der Waals surface area (Å²) in [7, 11) is 0. The first kappa shape index (κ1) is 23.0. The van der Waals surface area contributed by atoms with Gasteiger partial charge in [0.1, 0.15) is 17.3 Å². The first-order valence-corrected chi connectivity index (χ1v) is 11.1. The molecule has 0 unspecified atom stereocenters. The van der Waals surface area contributed by atoms with E-state index in [4.69, 9.17) is 5.11 Å². The number of hydrogen-bond donors (Lipinski definition) is 3. The molecule has 36 heavy (non-hydrogen) atoms. The molecule has 0 atom stereocenters. The largest absolute Gasteiger partial charge is 0.477 e. The molecule has 0 saturated carbocycles. The summed E-state index contributed by atoms with van der Waals surface area (Å²) in [5, 5.41) is 9.04. The number of fused-ring (bicyclic) bond motifs is 1. The van der Waals surface area contributed by atoms with Crippen LogP contribution in [0.3, 0.4) is 0 Å². The highest BCUT2D eigenvalue weighted by atomic mass is 19.1. The van der Waals surface area contributed by atoms with Crippen LogP contribution in [0.5, 0.6) is 0 Å². The predicted octanol–water partition coefficient (Wildman–Crippen LogP) is 2.56. The van der Waals surface area contributed by atoms with Crippen molar-refractivity contribution in [2.24, 2.45) is 0 Å². The molecule has 1 saturated heterocycles. The van der Waals surface area contributed by atoms with Crippen LogP contribution in [0.25, 0.3) is 22.3 Å². The van der Waals surface area contributed by atoms with Gasteiger partial charge in [-0.25, -0.2) is 14.2 Å². The minimum absolute atomic E-state index is 0.0861. The zero-order chi connectivity index (χ0) is 25.4. The number of imidazole rings is 1. The summed E-state index contributed by atoms with van der Waals surface area (Å²) in [5.41, 5.74) is 0.812. The van der Waals surface area contributed by atoms with Gasteiger partial charge >= 0.3 is 5.97 Å². The summed E-state index contributed by atoms with van der Waals surface area (Å²) < 4.78 is 14.8. The van der Waals surface area contributed by atoms with Gasteiger partial charge in [-0.05, 0) is 24.3 Å². The van der Waals surface area contributed by atoms with Crippen LogP contribution < -0.4 is 0 Å². The fourth-order valence-corrected chi connectivity index (χ4v) is 4.28. The second-order valence-electron chi connectivity index (χ2n) is 8.28. The number of carboxylic acid groups (broad SMARTS) is 1. The molecule has 3 N–H and O–H groups in total. The van der Waals surface area contributed by atoms with Crippen molar-refractivity contribution in [1.29, 1.82) is 0 Å². The number of rotatable bonds is 5. The third-order valence-corrected chi connectivity index (χ3v) is 6.16. The van der Waals surface area contributed by atoms with Gasteiger partial charge in [-0.1, -0.05) is 18.2 Å². The van der Waals surface area contributed by atoms with E-state index in [1.165, 1.54) is 17.2 Å². The van der Waals surface area contributed by atoms with E-state index in [0.29, 0.717) is 11.1 Å². The highest BCUT2D eigenvalue weighted by molar-refractivity contribution is 6.45. The molecule has 2 aromatic heterocycles. The Balaban J connectivity index is 1.35. The highest BCUT2D eigenvalue weighted by Gasteiger charge is 2.31. The van der Waals surface area contributed by atoms with E-state index in [-0.39, 0.29) is 60.1 Å². The average molecular weight is 489 g/mol. The molecule has 0 spiro atoms. The second kappa shape index (κ2) is 9.10. The van der Waals surface area contributed by atoms with Crippen LogP contribution in [0.1, 0.15) is 31.2 Å². The lowest BCUT2D eigenvalue weighted by molar-refractivity contribution is -0.127. The highest BCUT2D eigenvalue weighted by Crippen LogP contribution is 2.31. The Kier molecular flexibility index (Phi) is 5.80. The number of carbonyl (C=O) groups is 4. The topological polar surface area (TPSA) is 139 Å². The van der Waals surface area contributed by atoms with Crippen molar-refractivity contribution in [2.75, 3.05) is 26.2 Å². The first-order valence-electron chi connectivity index (χ1n) is 11.1. The Hall–Kier alpha value is -4.80. The number of Topliss-reactive ketones (excluding diaryl/α,β-unsaturated/α-hetero) is 1. The van der Waals surface area contributed by atoms with Crippen LogP contribution in [-0.2, 0) is 4.79 Å². The number of nitrogens with one attached hydrogen (secondary N) is 2. The van der Waals surface area contributed by atoms with Gasteiger partial charge in [0.15, 0.2) is 0 Å². The molecule has 2 aromatic carbocycles. The molecular formula is C25H20FN5O5. The maximum absolute atomic E-state index is 14.8. The lowest BCUT2D eigenvalue weighted by Gasteiger charge is -2.34. The molecule has 10 nitrogen and oxygen atoms in total. The Labute approximate surface area is 203 Å². The van der Waals surface area contributed by atoms with Crippen LogP contribution in [0.4, 0.5) is 4.39 Å². The molecule has 1 aliphatic heterocycles. The number of carbonyl (C=O) groups excluding carboxylic acids is 3. The van der Waals surface area contributed by atoms with Gasteiger partial charge in [-0.15, -0.1) is 0 Å². The maximum atomic E-state index is 14.8. The van der Waals surface area contributed by atoms with Gasteiger partial charge in [0.25, 0.3) is 17.6 Å². The van der Waals surface area contributed by atoms with Gasteiger partial charge in [0, 0.05) is 48.9 Å². The summed E-state index contributed by atoms with van der Waals surface area (Å²) in [6.45, 7) is 0.875. The number of carboxylic acids is 1. The molecular weight excluding hydrogens is 469 g/mol. The Morgan fingerprint density at radius 1 is 0.944 bits per heavy atom. The number of aromatic amines is 2. The lowest BCUT2D eigenvalue weighted by atomic mass is 10.0. The number of H-pyrrole nitrogens is 2. The van der Waals surface area contributed by atoms with Gasteiger partial charge in [-0.3, -0.25) is 14.4 Å². The van der Waals surface area contributed by atoms with Crippen LogP contribution in [0.2, 0.25) is 0 Å². The van der Waals surface area contributed by atoms with Crippen LogP contribution in [0.15, 0.2) is 54.9 Å². The standard InChI is InChI=1S/C25H20FN5O5/c26-17-7-6-15(22-28-13-18(29-22)25(35)36)20-19(17)16(12-27-20)21(32)24(34)31-10-8-30(9-11-31)23(33)14-4-2-1-3-5-14/h1-7,12-13,27H,8-11H2,(H,28,29)(H,35,36). The van der Waals surface area contributed by atoms with Crippen molar-refractivity contribution in [3.63, 3.8) is 0 Å². The van der Waals surface area contributed by atoms with E-state index in [1.54, 1.807) is 29.2 Å². The van der Waals surface area contributed by atoms with Crippen LogP contribution >= 0.6 is 0 Å². The number of ketones is 1. The quantitative estimate of drug-likeness (QED) is 0.291. The number of halogens is 1. The van der Waals surface area contributed by atoms with E-state index in [2.05, 4.69) is 15.0 Å². The smallest absolute Gasteiger partial charge is 0.353 e. The van der Waals surface area contributed by atoms with E-state index < -0.39 is 23.5 Å². The Bertz CT molecular complexity index is 1500. The van der Waals surface area contributed by atoms with Crippen LogP contribution in [-0.4, -0.2) is 79.6 Å². The van der Waals surface area contributed by atoms with Gasteiger partial charge < -0.3 is 24.9 Å². The molecule has 5 rings (SSSR count). The lowest BCUT2D eigenvalue weighted by Crippen LogP contribution is -2.52. The minimum atomic E-state index is -1.20. The maximum Gasteiger partial charge on any atom is 0.353 e. The fourth-order valence-electron chi connectivity index (χ4n) is 4.28. The van der Waals surface area contributed by atoms with E-state index >= 15 is 0 Å². The van der Waals surface area contributed by atoms with Gasteiger partial charge in [0.2, 0.25) is 0 Å². The molecule has 2 amide bonds. The number of hydrogen-bond acceptors (Lipinski definition) is 5. The Morgan fingerprint density at radius 3 is 2.31 bits per heavy atom. The van der Waals surface area contributed by atoms with Crippen molar-refractivity contribution in [3.05, 3.63) is 77.5 Å². The van der Waals surface area contributed by atoms with E-state index in [1.807, 2.05) is 6.07 Å². The molecule has 0 radical (unpaired) electrons. The Morgan fingerprint density at radius 2 is 1.64 bits per heavy atom. The molecule has 3 heterocycles.